The van der Waals surface area contributed by atoms with Gasteiger partial charge in [-0.05, 0) is 43.5 Å². The van der Waals surface area contributed by atoms with Crippen LogP contribution in [0.3, 0.4) is 0 Å². The van der Waals surface area contributed by atoms with Gasteiger partial charge >= 0.3 is 0 Å². The van der Waals surface area contributed by atoms with Gasteiger partial charge in [-0.2, -0.15) is 0 Å². The van der Waals surface area contributed by atoms with Crippen molar-refractivity contribution in [1.29, 1.82) is 0 Å². The van der Waals surface area contributed by atoms with E-state index in [-0.39, 0.29) is 0 Å². The quantitative estimate of drug-likeness (QED) is 0.581. The van der Waals surface area contributed by atoms with E-state index in [2.05, 4.69) is 44.3 Å². The zero-order valence-electron chi connectivity index (χ0n) is 10.6. The van der Waals surface area contributed by atoms with Crippen LogP contribution in [0.4, 0.5) is 0 Å². The first-order valence-electron chi connectivity index (χ1n) is 5.80. The van der Waals surface area contributed by atoms with Crippen molar-refractivity contribution in [3.05, 3.63) is 48.3 Å². The van der Waals surface area contributed by atoms with E-state index >= 15 is 0 Å². The first-order chi connectivity index (χ1) is 8.15. The third kappa shape index (κ3) is 3.06. The summed E-state index contributed by atoms with van der Waals surface area (Å²) in [6, 6.07) is 8.28. The van der Waals surface area contributed by atoms with Gasteiger partial charge in [-0.25, -0.2) is 4.57 Å². The number of rotatable bonds is 3. The summed E-state index contributed by atoms with van der Waals surface area (Å²) in [6.45, 7) is 4.78. The van der Waals surface area contributed by atoms with Crippen LogP contribution in [0, 0.1) is 0 Å². The molecule has 1 aromatic heterocycles. The van der Waals surface area contributed by atoms with Gasteiger partial charge in [0, 0.05) is 11.5 Å². The number of allylic oxidation sites excluding steroid dienone is 1. The summed E-state index contributed by atoms with van der Waals surface area (Å²) in [5, 5.41) is 2.43. The SMILES string of the molecule is CC(C)=CCOc1ccc2c[n+](C)ccc2c1. The molecule has 0 aliphatic rings. The highest BCUT2D eigenvalue weighted by Crippen LogP contribution is 2.19. The van der Waals surface area contributed by atoms with Crippen molar-refractivity contribution in [2.45, 2.75) is 13.8 Å². The molecular formula is C15H18NO+. The minimum Gasteiger partial charge on any atom is -0.490 e. The lowest BCUT2D eigenvalue weighted by Gasteiger charge is -2.04. The Hall–Kier alpha value is -1.83. The van der Waals surface area contributed by atoms with Gasteiger partial charge in [0.25, 0.3) is 0 Å². The van der Waals surface area contributed by atoms with E-state index in [0.29, 0.717) is 6.61 Å². The Morgan fingerprint density at radius 2 is 2.06 bits per heavy atom. The first-order valence-corrected chi connectivity index (χ1v) is 5.80. The van der Waals surface area contributed by atoms with Crippen LogP contribution in [0.2, 0.25) is 0 Å². The number of pyridine rings is 1. The summed E-state index contributed by atoms with van der Waals surface area (Å²) in [6.07, 6.45) is 6.23. The van der Waals surface area contributed by atoms with Crippen molar-refractivity contribution in [1.82, 2.24) is 0 Å². The topological polar surface area (TPSA) is 13.1 Å². The van der Waals surface area contributed by atoms with Crippen molar-refractivity contribution >= 4 is 10.8 Å². The molecule has 0 spiro atoms. The summed E-state index contributed by atoms with van der Waals surface area (Å²) in [4.78, 5) is 0. The van der Waals surface area contributed by atoms with Gasteiger partial charge < -0.3 is 4.74 Å². The molecular weight excluding hydrogens is 210 g/mol. The number of fused-ring (bicyclic) bond motifs is 1. The van der Waals surface area contributed by atoms with Gasteiger partial charge in [0.1, 0.15) is 19.4 Å². The predicted octanol–water partition coefficient (Wildman–Crippen LogP) is 3.01. The van der Waals surface area contributed by atoms with Gasteiger partial charge in [0.15, 0.2) is 12.4 Å². The number of nitrogens with zero attached hydrogens (tertiary/aromatic N) is 1. The summed E-state index contributed by atoms with van der Waals surface area (Å²) in [7, 11) is 2.03. The molecule has 1 aromatic carbocycles. The van der Waals surface area contributed by atoms with E-state index in [1.807, 2.05) is 23.9 Å². The fraction of sp³-hybridized carbons (Fsp3) is 0.267. The largest absolute Gasteiger partial charge is 0.490 e. The van der Waals surface area contributed by atoms with E-state index in [9.17, 15) is 0 Å². The Labute approximate surface area is 102 Å². The van der Waals surface area contributed by atoms with Gasteiger partial charge in [-0.1, -0.05) is 5.57 Å². The summed E-state index contributed by atoms with van der Waals surface area (Å²) < 4.78 is 7.72. The molecule has 0 saturated carbocycles. The molecule has 2 aromatic rings. The molecule has 0 aliphatic carbocycles. The summed E-state index contributed by atoms with van der Waals surface area (Å²) >= 11 is 0. The second-order valence-corrected chi connectivity index (χ2v) is 4.49. The van der Waals surface area contributed by atoms with Crippen LogP contribution in [-0.4, -0.2) is 6.61 Å². The monoisotopic (exact) mass is 228 g/mol. The van der Waals surface area contributed by atoms with Crippen LogP contribution in [0.5, 0.6) is 5.75 Å². The normalized spacial score (nSPS) is 10.3. The summed E-state index contributed by atoms with van der Waals surface area (Å²) in [5.74, 6) is 0.920. The Morgan fingerprint density at radius 1 is 1.24 bits per heavy atom. The molecule has 0 radical (unpaired) electrons. The molecule has 1 heterocycles. The zero-order valence-corrected chi connectivity index (χ0v) is 10.6. The lowest BCUT2D eigenvalue weighted by atomic mass is 10.2. The minimum absolute atomic E-state index is 0.633. The fourth-order valence-corrected chi connectivity index (χ4v) is 1.67. The lowest BCUT2D eigenvalue weighted by Crippen LogP contribution is -2.25. The van der Waals surface area contributed by atoms with Crippen LogP contribution < -0.4 is 9.30 Å². The van der Waals surface area contributed by atoms with E-state index in [1.165, 1.54) is 16.3 Å². The molecule has 88 valence electrons. The Balaban J connectivity index is 2.20. The number of aromatic nitrogens is 1. The molecule has 0 atom stereocenters. The van der Waals surface area contributed by atoms with E-state index < -0.39 is 0 Å². The maximum absolute atomic E-state index is 5.67. The van der Waals surface area contributed by atoms with Crippen molar-refractivity contribution in [2.75, 3.05) is 6.61 Å². The maximum atomic E-state index is 5.67. The highest BCUT2D eigenvalue weighted by atomic mass is 16.5. The zero-order chi connectivity index (χ0) is 12.3. The second kappa shape index (κ2) is 5.00. The average Bonchev–Trinajstić information content (AvgIpc) is 2.29. The predicted molar refractivity (Wildman–Crippen MR) is 70.1 cm³/mol. The van der Waals surface area contributed by atoms with Crippen molar-refractivity contribution in [3.8, 4) is 5.75 Å². The number of hydrogen-bond donors (Lipinski definition) is 0. The van der Waals surface area contributed by atoms with Crippen molar-refractivity contribution < 1.29 is 9.30 Å². The number of aryl methyl sites for hydroxylation is 1. The van der Waals surface area contributed by atoms with Gasteiger partial charge in [0.05, 0.1) is 0 Å². The molecule has 0 fully saturated rings. The van der Waals surface area contributed by atoms with Crippen LogP contribution >= 0.6 is 0 Å². The fourth-order valence-electron chi connectivity index (χ4n) is 1.67. The molecule has 0 saturated heterocycles. The second-order valence-electron chi connectivity index (χ2n) is 4.49. The van der Waals surface area contributed by atoms with Gasteiger partial charge in [-0.3, -0.25) is 0 Å². The standard InChI is InChI=1S/C15H18NO/c1-12(2)7-9-17-15-5-4-14-11-16(3)8-6-13(14)10-15/h4-8,10-11H,9H2,1-3H3/q+1. The van der Waals surface area contributed by atoms with E-state index in [4.69, 9.17) is 4.74 Å². The number of hydrogen-bond acceptors (Lipinski definition) is 1. The highest BCUT2D eigenvalue weighted by Gasteiger charge is 2.00. The van der Waals surface area contributed by atoms with Crippen LogP contribution in [0.25, 0.3) is 10.8 Å². The smallest absolute Gasteiger partial charge is 0.176 e. The van der Waals surface area contributed by atoms with Gasteiger partial charge in [0.2, 0.25) is 0 Å². The van der Waals surface area contributed by atoms with Crippen LogP contribution in [0.15, 0.2) is 48.3 Å². The van der Waals surface area contributed by atoms with Crippen LogP contribution in [-0.2, 0) is 7.05 Å². The minimum atomic E-state index is 0.633. The molecule has 0 aliphatic heterocycles. The Kier molecular flexibility index (Phi) is 3.43. The number of ether oxygens (including phenoxy) is 1. The molecule has 0 N–H and O–H groups in total. The first kappa shape index (κ1) is 11.6. The molecule has 2 nitrogen and oxygen atoms in total. The highest BCUT2D eigenvalue weighted by molar-refractivity contribution is 5.82. The third-order valence-corrected chi connectivity index (χ3v) is 2.63. The van der Waals surface area contributed by atoms with Crippen molar-refractivity contribution in [3.63, 3.8) is 0 Å². The average molecular weight is 228 g/mol. The van der Waals surface area contributed by atoms with Crippen molar-refractivity contribution in [2.24, 2.45) is 7.05 Å². The molecule has 17 heavy (non-hydrogen) atoms. The maximum Gasteiger partial charge on any atom is 0.176 e. The lowest BCUT2D eigenvalue weighted by molar-refractivity contribution is -0.670. The molecule has 0 bridgehead atoms. The summed E-state index contributed by atoms with van der Waals surface area (Å²) in [5.41, 5.74) is 1.28. The third-order valence-electron chi connectivity index (χ3n) is 2.63. The van der Waals surface area contributed by atoms with Crippen LogP contribution in [0.1, 0.15) is 13.8 Å². The Bertz CT molecular complexity index is 554. The van der Waals surface area contributed by atoms with Gasteiger partial charge in [-0.15, -0.1) is 0 Å². The number of benzene rings is 1. The van der Waals surface area contributed by atoms with E-state index in [0.717, 1.165) is 5.75 Å². The molecule has 0 unspecified atom stereocenters. The molecule has 0 amide bonds. The molecule has 2 heteroatoms. The van der Waals surface area contributed by atoms with E-state index in [1.54, 1.807) is 0 Å². The Morgan fingerprint density at radius 3 is 2.82 bits per heavy atom. The molecule has 2 rings (SSSR count).